The van der Waals surface area contributed by atoms with Gasteiger partial charge >= 0.3 is 0 Å². The lowest BCUT2D eigenvalue weighted by Gasteiger charge is -2.36. The Hall–Kier alpha value is -2.02. The molecule has 2 aliphatic heterocycles. The molecule has 24 heavy (non-hydrogen) atoms. The van der Waals surface area contributed by atoms with Crippen molar-refractivity contribution in [3.05, 3.63) is 64.7 Å². The van der Waals surface area contributed by atoms with Crippen molar-refractivity contribution in [2.75, 3.05) is 19.3 Å². The minimum Gasteiger partial charge on any atom is -0.611 e. The van der Waals surface area contributed by atoms with Crippen LogP contribution < -0.4 is 16.3 Å². The molecule has 2 aromatic carbocycles. The summed E-state index contributed by atoms with van der Waals surface area (Å²) in [5.74, 6) is 1.34. The van der Waals surface area contributed by atoms with Crippen LogP contribution in [0, 0.1) is 0 Å². The lowest BCUT2D eigenvalue weighted by molar-refractivity contribution is 0.0979. The molecule has 2 aromatic rings. The van der Waals surface area contributed by atoms with Gasteiger partial charge in [-0.2, -0.15) is 0 Å². The standard InChI is InChI=1S/C18H20N4OS/c1-21-17(19)14-7-3-4-8-15(14)20-18(21)22-10-11-24(23)16-9-5-2-6-13(16)12-22/h2-9,18H,10-12,19H2,1H3. The first-order chi connectivity index (χ1) is 11.6. The Balaban J connectivity index is 1.74. The van der Waals surface area contributed by atoms with Crippen LogP contribution in [-0.4, -0.2) is 40.0 Å². The summed E-state index contributed by atoms with van der Waals surface area (Å²) in [6.45, 7) is 1.44. The number of benzene rings is 2. The summed E-state index contributed by atoms with van der Waals surface area (Å²) < 4.78 is 12.5. The zero-order chi connectivity index (χ0) is 16.7. The SMILES string of the molecule is CN1C(N)=c2ccccc2=NC1N1CC[S+]([O-])c2ccccc2C1. The van der Waals surface area contributed by atoms with Crippen molar-refractivity contribution < 1.29 is 4.55 Å². The highest BCUT2D eigenvalue weighted by molar-refractivity contribution is 7.91. The number of rotatable bonds is 1. The van der Waals surface area contributed by atoms with Crippen molar-refractivity contribution in [1.29, 1.82) is 0 Å². The lowest BCUT2D eigenvalue weighted by Crippen LogP contribution is -2.53. The highest BCUT2D eigenvalue weighted by Crippen LogP contribution is 2.25. The second-order valence-electron chi connectivity index (χ2n) is 6.12. The third-order valence-corrected chi connectivity index (χ3v) is 6.08. The van der Waals surface area contributed by atoms with Gasteiger partial charge in [0.1, 0.15) is 11.6 Å². The molecule has 2 heterocycles. The molecule has 0 saturated heterocycles. The third-order valence-electron chi connectivity index (χ3n) is 4.64. The fraction of sp³-hybridized carbons (Fsp3) is 0.278. The van der Waals surface area contributed by atoms with E-state index in [4.69, 9.17) is 10.7 Å². The van der Waals surface area contributed by atoms with Crippen LogP contribution in [0.3, 0.4) is 0 Å². The smallest absolute Gasteiger partial charge is 0.180 e. The number of nitrogens with zero attached hydrogens (tertiary/aromatic N) is 3. The average Bonchev–Trinajstić information content (AvgIpc) is 2.78. The second kappa shape index (κ2) is 6.12. The molecular weight excluding hydrogens is 320 g/mol. The van der Waals surface area contributed by atoms with E-state index >= 15 is 0 Å². The topological polar surface area (TPSA) is 67.9 Å². The van der Waals surface area contributed by atoms with Crippen molar-refractivity contribution in [3.8, 4) is 0 Å². The van der Waals surface area contributed by atoms with E-state index in [1.54, 1.807) is 0 Å². The fourth-order valence-corrected chi connectivity index (χ4v) is 4.59. The first-order valence-corrected chi connectivity index (χ1v) is 9.33. The molecule has 2 aliphatic rings. The van der Waals surface area contributed by atoms with Crippen LogP contribution in [-0.2, 0) is 17.7 Å². The Bertz CT molecular complexity index is 885. The number of hydrogen-bond donors (Lipinski definition) is 1. The van der Waals surface area contributed by atoms with Gasteiger partial charge in [-0.3, -0.25) is 4.90 Å². The Kier molecular flexibility index (Phi) is 3.96. The van der Waals surface area contributed by atoms with Crippen LogP contribution in [0.25, 0.3) is 5.82 Å². The van der Waals surface area contributed by atoms with Gasteiger partial charge in [0.15, 0.2) is 11.2 Å². The van der Waals surface area contributed by atoms with Gasteiger partial charge < -0.3 is 15.2 Å². The van der Waals surface area contributed by atoms with Gasteiger partial charge in [-0.1, -0.05) is 30.3 Å². The molecule has 2 N–H and O–H groups in total. The molecule has 0 saturated carbocycles. The van der Waals surface area contributed by atoms with Crippen LogP contribution in [0.4, 0.5) is 0 Å². The van der Waals surface area contributed by atoms with E-state index in [1.807, 2.05) is 54.4 Å². The minimum atomic E-state index is -0.963. The van der Waals surface area contributed by atoms with E-state index in [9.17, 15) is 4.55 Å². The van der Waals surface area contributed by atoms with E-state index in [0.717, 1.165) is 39.9 Å². The fourth-order valence-electron chi connectivity index (χ4n) is 3.32. The zero-order valence-electron chi connectivity index (χ0n) is 13.6. The van der Waals surface area contributed by atoms with Crippen molar-refractivity contribution in [2.45, 2.75) is 17.7 Å². The molecule has 0 aromatic heterocycles. The molecular formula is C18H20N4OS. The largest absolute Gasteiger partial charge is 0.611 e. The van der Waals surface area contributed by atoms with E-state index < -0.39 is 11.2 Å². The quantitative estimate of drug-likeness (QED) is 0.752. The Morgan fingerprint density at radius 2 is 1.92 bits per heavy atom. The molecule has 124 valence electrons. The normalized spacial score (nSPS) is 23.9. The van der Waals surface area contributed by atoms with Crippen molar-refractivity contribution >= 4 is 17.0 Å². The van der Waals surface area contributed by atoms with Gasteiger partial charge in [0.05, 0.1) is 5.36 Å². The average molecular weight is 340 g/mol. The number of nitrogens with two attached hydrogens (primary N) is 1. The molecule has 5 nitrogen and oxygen atoms in total. The predicted molar refractivity (Wildman–Crippen MR) is 94.5 cm³/mol. The Labute approximate surface area is 144 Å². The summed E-state index contributed by atoms with van der Waals surface area (Å²) in [4.78, 5) is 10.1. The van der Waals surface area contributed by atoms with Crippen LogP contribution in [0.5, 0.6) is 0 Å². The third kappa shape index (κ3) is 2.56. The first-order valence-electron chi connectivity index (χ1n) is 8.01. The zero-order valence-corrected chi connectivity index (χ0v) is 14.4. The van der Waals surface area contributed by atoms with Crippen molar-refractivity contribution in [2.24, 2.45) is 10.7 Å². The van der Waals surface area contributed by atoms with Crippen molar-refractivity contribution in [3.63, 3.8) is 0 Å². The van der Waals surface area contributed by atoms with Crippen LogP contribution >= 0.6 is 0 Å². The summed E-state index contributed by atoms with van der Waals surface area (Å²) in [6.07, 6.45) is -0.178. The molecule has 0 fully saturated rings. The maximum absolute atomic E-state index is 12.5. The highest BCUT2D eigenvalue weighted by atomic mass is 32.2. The molecule has 0 amide bonds. The molecule has 2 unspecified atom stereocenters. The lowest BCUT2D eigenvalue weighted by atomic mass is 10.2. The van der Waals surface area contributed by atoms with E-state index in [1.165, 1.54) is 0 Å². The van der Waals surface area contributed by atoms with Crippen molar-refractivity contribution in [1.82, 2.24) is 9.80 Å². The monoisotopic (exact) mass is 340 g/mol. The van der Waals surface area contributed by atoms with E-state index in [2.05, 4.69) is 11.0 Å². The predicted octanol–water partition coefficient (Wildman–Crippen LogP) is 0.183. The van der Waals surface area contributed by atoms with Gasteiger partial charge in [0.2, 0.25) is 0 Å². The Morgan fingerprint density at radius 3 is 2.79 bits per heavy atom. The molecule has 6 heteroatoms. The maximum atomic E-state index is 12.5. The number of para-hydroxylation sites is 1. The highest BCUT2D eigenvalue weighted by Gasteiger charge is 2.31. The Morgan fingerprint density at radius 1 is 1.17 bits per heavy atom. The van der Waals surface area contributed by atoms with Gasteiger partial charge in [-0.15, -0.1) is 0 Å². The van der Waals surface area contributed by atoms with E-state index in [-0.39, 0.29) is 6.29 Å². The molecule has 4 rings (SSSR count). The van der Waals surface area contributed by atoms with E-state index in [0.29, 0.717) is 5.75 Å². The first kappa shape index (κ1) is 15.5. The van der Waals surface area contributed by atoms with Crippen LogP contribution in [0.2, 0.25) is 0 Å². The van der Waals surface area contributed by atoms with Gasteiger partial charge in [-0.05, 0) is 29.4 Å². The summed E-state index contributed by atoms with van der Waals surface area (Å²) in [5.41, 5.74) is 7.45. The number of hydrogen-bond acceptors (Lipinski definition) is 5. The van der Waals surface area contributed by atoms with Gasteiger partial charge in [0, 0.05) is 30.9 Å². The summed E-state index contributed by atoms with van der Waals surface area (Å²) >= 11 is -0.963. The molecule has 0 bridgehead atoms. The van der Waals surface area contributed by atoms with Crippen LogP contribution in [0.1, 0.15) is 5.56 Å². The summed E-state index contributed by atoms with van der Waals surface area (Å²) in [6, 6.07) is 15.9. The van der Waals surface area contributed by atoms with Gasteiger partial charge in [0.25, 0.3) is 0 Å². The van der Waals surface area contributed by atoms with Crippen LogP contribution in [0.15, 0.2) is 58.4 Å². The molecule has 0 radical (unpaired) electrons. The van der Waals surface area contributed by atoms with Gasteiger partial charge in [-0.25, -0.2) is 4.99 Å². The molecule has 2 atom stereocenters. The number of fused-ring (bicyclic) bond motifs is 2. The minimum absolute atomic E-state index is 0.178. The second-order valence-corrected chi connectivity index (χ2v) is 7.66. The summed E-state index contributed by atoms with van der Waals surface area (Å²) in [7, 11) is 1.97. The summed E-state index contributed by atoms with van der Waals surface area (Å²) in [5, 5.41) is 1.88. The molecule has 0 aliphatic carbocycles. The maximum Gasteiger partial charge on any atom is 0.180 e. The molecule has 0 spiro atoms.